The van der Waals surface area contributed by atoms with E-state index in [0.717, 1.165) is 32.7 Å². The molecule has 0 N–H and O–H groups in total. The van der Waals surface area contributed by atoms with Crippen LogP contribution in [-0.2, 0) is 11.3 Å². The number of esters is 1. The van der Waals surface area contributed by atoms with Gasteiger partial charge in [0.25, 0.3) is 0 Å². The molecule has 3 rings (SSSR count). The third-order valence-electron chi connectivity index (χ3n) is 3.90. The lowest BCUT2D eigenvalue weighted by atomic mass is 10.2. The summed E-state index contributed by atoms with van der Waals surface area (Å²) in [4.78, 5) is 21.3. The van der Waals surface area contributed by atoms with Crippen LogP contribution in [0, 0.1) is 13.8 Å². The molecule has 1 aromatic heterocycles. The zero-order valence-corrected chi connectivity index (χ0v) is 15.8. The maximum atomic E-state index is 12.3. The molecular weight excluding hydrogens is 384 g/mol. The zero-order valence-electron chi connectivity index (χ0n) is 14.2. The molecule has 0 saturated carbocycles. The standard InChI is InChI=1S/C19H17BrN2O3/c1-11-12(2)22-17-9-14(5-6-16(17)21-11)19(23)25-10-13-4-7-18(24-3)15(20)8-13/h4-9H,10H2,1-3H3. The van der Waals surface area contributed by atoms with Crippen molar-refractivity contribution in [2.24, 2.45) is 0 Å². The van der Waals surface area contributed by atoms with Gasteiger partial charge in [-0.25, -0.2) is 14.8 Å². The number of aromatic nitrogens is 2. The Bertz CT molecular complexity index is 957. The molecule has 0 aliphatic heterocycles. The van der Waals surface area contributed by atoms with Crippen LogP contribution in [0.3, 0.4) is 0 Å². The van der Waals surface area contributed by atoms with E-state index in [1.165, 1.54) is 0 Å². The summed E-state index contributed by atoms with van der Waals surface area (Å²) in [5.41, 5.74) is 4.50. The number of methoxy groups -OCH3 is 1. The second kappa shape index (κ2) is 7.19. The summed E-state index contributed by atoms with van der Waals surface area (Å²) in [5, 5.41) is 0. The molecule has 0 aliphatic carbocycles. The molecule has 0 amide bonds. The van der Waals surface area contributed by atoms with Crippen LogP contribution in [0.1, 0.15) is 27.3 Å². The quantitative estimate of drug-likeness (QED) is 0.608. The smallest absolute Gasteiger partial charge is 0.338 e. The highest BCUT2D eigenvalue weighted by molar-refractivity contribution is 9.10. The first-order valence-corrected chi connectivity index (χ1v) is 8.52. The Morgan fingerprint density at radius 3 is 2.44 bits per heavy atom. The molecule has 0 spiro atoms. The fourth-order valence-electron chi connectivity index (χ4n) is 2.39. The van der Waals surface area contributed by atoms with E-state index in [-0.39, 0.29) is 6.61 Å². The minimum atomic E-state index is -0.395. The van der Waals surface area contributed by atoms with E-state index < -0.39 is 5.97 Å². The number of fused-ring (bicyclic) bond motifs is 1. The number of hydrogen-bond acceptors (Lipinski definition) is 5. The Morgan fingerprint density at radius 1 is 1.04 bits per heavy atom. The van der Waals surface area contributed by atoms with Crippen molar-refractivity contribution < 1.29 is 14.3 Å². The summed E-state index contributed by atoms with van der Waals surface area (Å²) >= 11 is 3.42. The predicted octanol–water partition coefficient (Wildman–Crippen LogP) is 4.37. The van der Waals surface area contributed by atoms with Gasteiger partial charge < -0.3 is 9.47 Å². The molecule has 0 radical (unpaired) electrons. The maximum Gasteiger partial charge on any atom is 0.338 e. The van der Waals surface area contributed by atoms with E-state index in [1.54, 1.807) is 25.3 Å². The number of carbonyl (C=O) groups excluding carboxylic acids is 1. The van der Waals surface area contributed by atoms with E-state index in [1.807, 2.05) is 32.0 Å². The normalized spacial score (nSPS) is 10.7. The predicted molar refractivity (Wildman–Crippen MR) is 98.8 cm³/mol. The van der Waals surface area contributed by atoms with Gasteiger partial charge in [-0.1, -0.05) is 6.07 Å². The average Bonchev–Trinajstić information content (AvgIpc) is 2.60. The molecule has 0 atom stereocenters. The van der Waals surface area contributed by atoms with E-state index in [4.69, 9.17) is 9.47 Å². The van der Waals surface area contributed by atoms with Gasteiger partial charge in [-0.05, 0) is 65.7 Å². The average molecular weight is 401 g/mol. The van der Waals surface area contributed by atoms with Crippen LogP contribution in [0.2, 0.25) is 0 Å². The van der Waals surface area contributed by atoms with E-state index in [0.29, 0.717) is 11.1 Å². The summed E-state index contributed by atoms with van der Waals surface area (Å²) in [6.45, 7) is 3.99. The molecule has 1 heterocycles. The van der Waals surface area contributed by atoms with Gasteiger partial charge in [0.15, 0.2) is 0 Å². The molecule has 128 valence electrons. The van der Waals surface area contributed by atoms with Crippen LogP contribution in [0.5, 0.6) is 5.75 Å². The van der Waals surface area contributed by atoms with Crippen molar-refractivity contribution in [3.8, 4) is 5.75 Å². The summed E-state index contributed by atoms with van der Waals surface area (Å²) in [5.74, 6) is 0.336. The first kappa shape index (κ1) is 17.4. The van der Waals surface area contributed by atoms with Gasteiger partial charge in [-0.3, -0.25) is 0 Å². The number of nitrogens with zero attached hydrogens (tertiary/aromatic N) is 2. The second-order valence-electron chi connectivity index (χ2n) is 5.64. The Kier molecular flexibility index (Phi) is 4.99. The van der Waals surface area contributed by atoms with Gasteiger partial charge in [0, 0.05) is 0 Å². The van der Waals surface area contributed by atoms with Gasteiger partial charge in [0.1, 0.15) is 12.4 Å². The first-order valence-electron chi connectivity index (χ1n) is 7.72. The van der Waals surface area contributed by atoms with Crippen molar-refractivity contribution in [1.29, 1.82) is 0 Å². The van der Waals surface area contributed by atoms with Crippen molar-refractivity contribution in [2.45, 2.75) is 20.5 Å². The number of benzene rings is 2. The highest BCUT2D eigenvalue weighted by Gasteiger charge is 2.11. The summed E-state index contributed by atoms with van der Waals surface area (Å²) < 4.78 is 11.4. The Morgan fingerprint density at radius 2 is 1.76 bits per heavy atom. The van der Waals surface area contributed by atoms with E-state index in [9.17, 15) is 4.79 Å². The van der Waals surface area contributed by atoms with Crippen LogP contribution in [-0.4, -0.2) is 23.0 Å². The summed E-state index contributed by atoms with van der Waals surface area (Å²) in [6.07, 6.45) is 0. The molecule has 0 aliphatic rings. The van der Waals surface area contributed by atoms with E-state index in [2.05, 4.69) is 25.9 Å². The lowest BCUT2D eigenvalue weighted by molar-refractivity contribution is 0.0473. The molecule has 2 aromatic carbocycles. The lowest BCUT2D eigenvalue weighted by Crippen LogP contribution is -2.06. The maximum absolute atomic E-state index is 12.3. The van der Waals surface area contributed by atoms with E-state index >= 15 is 0 Å². The summed E-state index contributed by atoms with van der Waals surface area (Å²) in [6, 6.07) is 10.7. The van der Waals surface area contributed by atoms with Gasteiger partial charge >= 0.3 is 5.97 Å². The van der Waals surface area contributed by atoms with Gasteiger partial charge in [0.05, 0.1) is 39.6 Å². The van der Waals surface area contributed by atoms with Gasteiger partial charge in [-0.15, -0.1) is 0 Å². The van der Waals surface area contributed by atoms with Crippen LogP contribution in [0.25, 0.3) is 11.0 Å². The Balaban J connectivity index is 1.76. The minimum Gasteiger partial charge on any atom is -0.496 e. The second-order valence-corrected chi connectivity index (χ2v) is 6.50. The van der Waals surface area contributed by atoms with Crippen molar-refractivity contribution in [1.82, 2.24) is 9.97 Å². The van der Waals surface area contributed by atoms with Crippen molar-refractivity contribution in [3.05, 3.63) is 63.4 Å². The molecule has 0 bridgehead atoms. The van der Waals surface area contributed by atoms with Gasteiger partial charge in [0.2, 0.25) is 0 Å². The zero-order chi connectivity index (χ0) is 18.0. The highest BCUT2D eigenvalue weighted by Crippen LogP contribution is 2.26. The topological polar surface area (TPSA) is 61.3 Å². The van der Waals surface area contributed by atoms with Crippen molar-refractivity contribution in [3.63, 3.8) is 0 Å². The molecule has 25 heavy (non-hydrogen) atoms. The Hall–Kier alpha value is -2.47. The fraction of sp³-hybridized carbons (Fsp3) is 0.211. The lowest BCUT2D eigenvalue weighted by Gasteiger charge is -2.08. The number of ether oxygens (including phenoxy) is 2. The molecular formula is C19H17BrN2O3. The molecule has 3 aromatic rings. The highest BCUT2D eigenvalue weighted by atomic mass is 79.9. The monoisotopic (exact) mass is 400 g/mol. The molecule has 5 nitrogen and oxygen atoms in total. The van der Waals surface area contributed by atoms with Crippen LogP contribution >= 0.6 is 15.9 Å². The fourth-order valence-corrected chi connectivity index (χ4v) is 2.98. The van der Waals surface area contributed by atoms with Crippen molar-refractivity contribution in [2.75, 3.05) is 7.11 Å². The van der Waals surface area contributed by atoms with Crippen LogP contribution in [0.4, 0.5) is 0 Å². The van der Waals surface area contributed by atoms with Gasteiger partial charge in [-0.2, -0.15) is 0 Å². The Labute approximate surface area is 154 Å². The largest absolute Gasteiger partial charge is 0.496 e. The molecule has 0 fully saturated rings. The summed E-state index contributed by atoms with van der Waals surface area (Å²) in [7, 11) is 1.60. The van der Waals surface area contributed by atoms with Crippen LogP contribution < -0.4 is 4.74 Å². The molecule has 0 saturated heterocycles. The van der Waals surface area contributed by atoms with Crippen LogP contribution in [0.15, 0.2) is 40.9 Å². The van der Waals surface area contributed by atoms with Crippen molar-refractivity contribution >= 4 is 32.9 Å². The number of carbonyl (C=O) groups is 1. The third-order valence-corrected chi connectivity index (χ3v) is 4.52. The molecule has 0 unspecified atom stereocenters. The third kappa shape index (κ3) is 3.79. The number of halogens is 1. The number of aryl methyl sites for hydroxylation is 2. The number of hydrogen-bond donors (Lipinski definition) is 0. The minimum absolute atomic E-state index is 0.179. The molecule has 6 heteroatoms. The first-order chi connectivity index (χ1) is 12.0. The SMILES string of the molecule is COc1ccc(COC(=O)c2ccc3nc(C)c(C)nc3c2)cc1Br. The number of rotatable bonds is 4.